The fourth-order valence-corrected chi connectivity index (χ4v) is 5.62. The number of sulfonamides is 1. The molecule has 0 bridgehead atoms. The zero-order chi connectivity index (χ0) is 23.7. The van der Waals surface area contributed by atoms with Crippen LogP contribution in [0.25, 0.3) is 16.9 Å². The first-order valence-corrected chi connectivity index (χ1v) is 12.7. The predicted molar refractivity (Wildman–Crippen MR) is 134 cm³/mol. The Kier molecular flexibility index (Phi) is 5.85. The summed E-state index contributed by atoms with van der Waals surface area (Å²) in [6, 6.07) is 23.5. The normalized spacial score (nSPS) is 14.8. The maximum atomic E-state index is 13.4. The monoisotopic (exact) mass is 492 g/mol. The van der Waals surface area contributed by atoms with Crippen LogP contribution in [0.1, 0.15) is 16.8 Å². The van der Waals surface area contributed by atoms with Crippen LogP contribution < -0.4 is 9.62 Å². The third-order valence-electron chi connectivity index (χ3n) is 5.59. The van der Waals surface area contributed by atoms with Gasteiger partial charge in [0, 0.05) is 29.0 Å². The lowest BCUT2D eigenvalue weighted by Gasteiger charge is -2.17. The third-order valence-corrected chi connectivity index (χ3v) is 7.71. The van der Waals surface area contributed by atoms with Gasteiger partial charge in [-0.25, -0.2) is 13.1 Å². The van der Waals surface area contributed by atoms with Gasteiger partial charge in [0.2, 0.25) is 10.0 Å². The number of anilines is 2. The minimum Gasteiger partial charge on any atom is -0.322 e. The first-order valence-electron chi connectivity index (χ1n) is 10.7. The molecule has 0 unspecified atom stereocenters. The fraction of sp³-hybridized carbons (Fsp3) is 0.120. The molecule has 4 aromatic rings. The molecular weight excluding hydrogens is 472 g/mol. The number of amides is 1. The summed E-state index contributed by atoms with van der Waals surface area (Å²) in [5.74, 6) is -0.222. The van der Waals surface area contributed by atoms with E-state index < -0.39 is 10.0 Å². The standard InChI is InChI=1S/C25H21ClN4O3S/c26-19-12-10-18(11-13-19)24-23(17-29(28-24)21-7-2-1-3-8-21)25(31)27-20-6-4-9-22(16-20)30-14-5-15-34(30,32)33/h1-4,6-13,16-17H,5,14-15H2,(H,27,31). The molecule has 172 valence electrons. The molecule has 7 nitrogen and oxygen atoms in total. The summed E-state index contributed by atoms with van der Waals surface area (Å²) in [5.41, 5.74) is 3.49. The van der Waals surface area contributed by atoms with Crippen molar-refractivity contribution in [1.29, 1.82) is 0 Å². The molecule has 1 aliphatic heterocycles. The molecule has 9 heteroatoms. The highest BCUT2D eigenvalue weighted by Gasteiger charge is 2.28. The Hall–Kier alpha value is -3.62. The van der Waals surface area contributed by atoms with Gasteiger partial charge in [0.25, 0.3) is 5.91 Å². The van der Waals surface area contributed by atoms with Crippen molar-refractivity contribution >= 4 is 38.9 Å². The van der Waals surface area contributed by atoms with Gasteiger partial charge in [-0.3, -0.25) is 9.10 Å². The number of nitrogens with zero attached hydrogens (tertiary/aromatic N) is 3. The number of nitrogens with one attached hydrogen (secondary N) is 1. The van der Waals surface area contributed by atoms with E-state index in [0.29, 0.717) is 40.6 Å². The second-order valence-electron chi connectivity index (χ2n) is 7.92. The molecule has 1 aromatic heterocycles. The molecule has 34 heavy (non-hydrogen) atoms. The van der Waals surface area contributed by atoms with E-state index in [9.17, 15) is 13.2 Å². The van der Waals surface area contributed by atoms with Gasteiger partial charge in [-0.1, -0.05) is 48.0 Å². The molecule has 0 spiro atoms. The van der Waals surface area contributed by atoms with Gasteiger partial charge < -0.3 is 5.32 Å². The van der Waals surface area contributed by atoms with Crippen LogP contribution in [0, 0.1) is 0 Å². The van der Waals surface area contributed by atoms with Crippen LogP contribution in [-0.4, -0.2) is 36.4 Å². The van der Waals surface area contributed by atoms with Crippen LogP contribution in [0.15, 0.2) is 85.1 Å². The van der Waals surface area contributed by atoms with Crippen LogP contribution in [0.2, 0.25) is 5.02 Å². The molecule has 0 radical (unpaired) electrons. The highest BCUT2D eigenvalue weighted by atomic mass is 35.5. The molecule has 0 atom stereocenters. The molecular formula is C25H21ClN4O3S. The van der Waals surface area contributed by atoms with Gasteiger partial charge in [-0.15, -0.1) is 0 Å². The summed E-state index contributed by atoms with van der Waals surface area (Å²) in [6.45, 7) is 0.435. The van der Waals surface area contributed by atoms with Crippen LogP contribution >= 0.6 is 11.6 Å². The van der Waals surface area contributed by atoms with Crippen molar-refractivity contribution in [2.45, 2.75) is 6.42 Å². The Morgan fingerprint density at radius 1 is 0.941 bits per heavy atom. The summed E-state index contributed by atoms with van der Waals surface area (Å²) >= 11 is 6.05. The van der Waals surface area contributed by atoms with Crippen molar-refractivity contribution in [1.82, 2.24) is 9.78 Å². The van der Waals surface area contributed by atoms with E-state index in [1.165, 1.54) is 4.31 Å². The molecule has 1 saturated heterocycles. The smallest absolute Gasteiger partial charge is 0.259 e. The molecule has 1 amide bonds. The number of hydrogen-bond donors (Lipinski definition) is 1. The Morgan fingerprint density at radius 3 is 2.38 bits per heavy atom. The van der Waals surface area contributed by atoms with Gasteiger partial charge in [0.05, 0.1) is 22.7 Å². The lowest BCUT2D eigenvalue weighted by atomic mass is 10.1. The van der Waals surface area contributed by atoms with Crippen molar-refractivity contribution in [2.75, 3.05) is 21.9 Å². The van der Waals surface area contributed by atoms with E-state index in [2.05, 4.69) is 10.4 Å². The minimum absolute atomic E-state index is 0.132. The molecule has 5 rings (SSSR count). The van der Waals surface area contributed by atoms with E-state index >= 15 is 0 Å². The maximum absolute atomic E-state index is 13.4. The summed E-state index contributed by atoms with van der Waals surface area (Å²) in [4.78, 5) is 13.4. The number of rotatable bonds is 5. The number of para-hydroxylation sites is 1. The Bertz CT molecular complexity index is 1450. The van der Waals surface area contributed by atoms with Crippen molar-refractivity contribution in [2.24, 2.45) is 0 Å². The quantitative estimate of drug-likeness (QED) is 0.425. The number of benzene rings is 3. The lowest BCUT2D eigenvalue weighted by Crippen LogP contribution is -2.25. The van der Waals surface area contributed by atoms with Gasteiger partial charge in [-0.2, -0.15) is 5.10 Å². The van der Waals surface area contributed by atoms with Crippen molar-refractivity contribution in [3.63, 3.8) is 0 Å². The Labute approximate surface area is 202 Å². The Morgan fingerprint density at radius 2 is 1.68 bits per heavy atom. The summed E-state index contributed by atoms with van der Waals surface area (Å²) in [5, 5.41) is 8.15. The second kappa shape index (κ2) is 8.96. The van der Waals surface area contributed by atoms with Crippen LogP contribution in [0.4, 0.5) is 11.4 Å². The summed E-state index contributed by atoms with van der Waals surface area (Å²) < 4.78 is 27.6. The number of aromatic nitrogens is 2. The SMILES string of the molecule is O=C(Nc1cccc(N2CCCS2(=O)=O)c1)c1cn(-c2ccccc2)nc1-c1ccc(Cl)cc1. The van der Waals surface area contributed by atoms with Gasteiger partial charge in [0.1, 0.15) is 5.69 Å². The van der Waals surface area contributed by atoms with Crippen molar-refractivity contribution in [3.8, 4) is 16.9 Å². The second-order valence-corrected chi connectivity index (χ2v) is 10.4. The van der Waals surface area contributed by atoms with Crippen LogP contribution in [0.3, 0.4) is 0 Å². The number of carbonyl (C=O) groups is 1. The predicted octanol–water partition coefficient (Wildman–Crippen LogP) is 4.98. The summed E-state index contributed by atoms with van der Waals surface area (Å²) in [7, 11) is -3.31. The van der Waals surface area contributed by atoms with Crippen LogP contribution in [-0.2, 0) is 10.0 Å². The number of carbonyl (C=O) groups excluding carboxylic acids is 1. The first-order chi connectivity index (χ1) is 16.4. The summed E-state index contributed by atoms with van der Waals surface area (Å²) in [6.07, 6.45) is 2.27. The Balaban J connectivity index is 1.49. The molecule has 1 aliphatic rings. The number of hydrogen-bond acceptors (Lipinski definition) is 4. The first kappa shape index (κ1) is 22.2. The zero-order valence-electron chi connectivity index (χ0n) is 18.1. The molecule has 0 saturated carbocycles. The average molecular weight is 493 g/mol. The van der Waals surface area contributed by atoms with E-state index in [1.807, 2.05) is 42.5 Å². The zero-order valence-corrected chi connectivity index (χ0v) is 19.6. The minimum atomic E-state index is -3.31. The molecule has 1 N–H and O–H groups in total. The van der Waals surface area contributed by atoms with E-state index in [0.717, 1.165) is 11.3 Å². The highest BCUT2D eigenvalue weighted by molar-refractivity contribution is 7.93. The molecule has 1 fully saturated rings. The maximum Gasteiger partial charge on any atom is 0.259 e. The van der Waals surface area contributed by atoms with Crippen molar-refractivity contribution in [3.05, 3.63) is 95.6 Å². The van der Waals surface area contributed by atoms with Gasteiger partial charge >= 0.3 is 0 Å². The number of halogens is 1. The molecule has 3 aromatic carbocycles. The van der Waals surface area contributed by atoms with Gasteiger partial charge in [0.15, 0.2) is 0 Å². The topological polar surface area (TPSA) is 84.3 Å². The van der Waals surface area contributed by atoms with E-state index in [4.69, 9.17) is 11.6 Å². The molecule has 0 aliphatic carbocycles. The average Bonchev–Trinajstić information content (AvgIpc) is 3.44. The van der Waals surface area contributed by atoms with E-state index in [-0.39, 0.29) is 11.7 Å². The highest BCUT2D eigenvalue weighted by Crippen LogP contribution is 2.29. The molecule has 2 heterocycles. The van der Waals surface area contributed by atoms with Crippen LogP contribution in [0.5, 0.6) is 0 Å². The third kappa shape index (κ3) is 4.42. The fourth-order valence-electron chi connectivity index (χ4n) is 3.94. The van der Waals surface area contributed by atoms with Gasteiger partial charge in [-0.05, 0) is 48.9 Å². The largest absolute Gasteiger partial charge is 0.322 e. The van der Waals surface area contributed by atoms with E-state index in [1.54, 1.807) is 47.3 Å². The lowest BCUT2D eigenvalue weighted by molar-refractivity contribution is 0.102. The van der Waals surface area contributed by atoms with Crippen molar-refractivity contribution < 1.29 is 13.2 Å².